The van der Waals surface area contributed by atoms with Gasteiger partial charge in [-0.1, -0.05) is 121 Å². The summed E-state index contributed by atoms with van der Waals surface area (Å²) in [7, 11) is 0. The van der Waals surface area contributed by atoms with Gasteiger partial charge in [-0.2, -0.15) is 0 Å². The average molecular weight is 458 g/mol. The molecular weight excluding hydrogens is 434 g/mol. The van der Waals surface area contributed by atoms with Crippen molar-refractivity contribution >= 4 is 32.4 Å². The summed E-state index contributed by atoms with van der Waals surface area (Å²) >= 11 is 0. The Hall–Kier alpha value is -4.75. The molecule has 0 aliphatic heterocycles. The Bertz CT molecular complexity index is 1820. The molecule has 1 heteroatoms. The van der Waals surface area contributed by atoms with Crippen LogP contribution in [0.1, 0.15) is 0 Å². The van der Waals surface area contributed by atoms with Crippen LogP contribution in [0.25, 0.3) is 65.8 Å². The van der Waals surface area contributed by atoms with Gasteiger partial charge in [0.15, 0.2) is 0 Å². The fourth-order valence-corrected chi connectivity index (χ4v) is 5.59. The number of fused-ring (bicyclic) bond motifs is 3. The van der Waals surface area contributed by atoms with E-state index in [0.717, 1.165) is 5.52 Å². The van der Waals surface area contributed by atoms with Crippen LogP contribution in [0.15, 0.2) is 140 Å². The van der Waals surface area contributed by atoms with Crippen molar-refractivity contribution < 1.29 is 0 Å². The lowest BCUT2D eigenvalue weighted by Crippen LogP contribution is -1.93. The maximum atomic E-state index is 4.64. The summed E-state index contributed by atoms with van der Waals surface area (Å²) in [6.07, 6.45) is 1.93. The molecule has 1 aromatic heterocycles. The Labute approximate surface area is 210 Å². The van der Waals surface area contributed by atoms with Crippen LogP contribution in [0, 0.1) is 0 Å². The molecule has 1 heterocycles. The Morgan fingerprint density at radius 2 is 0.806 bits per heavy atom. The summed E-state index contributed by atoms with van der Waals surface area (Å²) in [5, 5.41) is 6.20. The first-order chi connectivity index (χ1) is 17.9. The molecule has 0 radical (unpaired) electrons. The van der Waals surface area contributed by atoms with Crippen molar-refractivity contribution in [2.24, 2.45) is 0 Å². The number of para-hydroxylation sites is 1. The van der Waals surface area contributed by atoms with Gasteiger partial charge in [-0.25, -0.2) is 0 Å². The third-order valence-electron chi connectivity index (χ3n) is 7.13. The van der Waals surface area contributed by atoms with Gasteiger partial charge in [0.25, 0.3) is 0 Å². The van der Waals surface area contributed by atoms with Gasteiger partial charge in [0.05, 0.1) is 5.52 Å². The predicted molar refractivity (Wildman–Crippen MR) is 153 cm³/mol. The van der Waals surface area contributed by atoms with E-state index < -0.39 is 0 Å². The van der Waals surface area contributed by atoms with Crippen molar-refractivity contribution in [3.05, 3.63) is 140 Å². The van der Waals surface area contributed by atoms with Crippen LogP contribution in [-0.4, -0.2) is 4.98 Å². The maximum Gasteiger partial charge on any atom is 0.0708 e. The van der Waals surface area contributed by atoms with E-state index >= 15 is 0 Å². The van der Waals surface area contributed by atoms with Gasteiger partial charge >= 0.3 is 0 Å². The van der Waals surface area contributed by atoms with Gasteiger partial charge in [-0.15, -0.1) is 0 Å². The van der Waals surface area contributed by atoms with Crippen LogP contribution in [-0.2, 0) is 0 Å². The third kappa shape index (κ3) is 3.21. The lowest BCUT2D eigenvalue weighted by atomic mass is 9.83. The minimum Gasteiger partial charge on any atom is -0.256 e. The molecular formula is C35H23N. The molecule has 0 saturated carbocycles. The highest BCUT2D eigenvalue weighted by Gasteiger charge is 2.19. The first kappa shape index (κ1) is 20.6. The van der Waals surface area contributed by atoms with Crippen LogP contribution in [0.4, 0.5) is 0 Å². The second-order valence-electron chi connectivity index (χ2n) is 9.13. The number of pyridine rings is 1. The molecule has 0 spiro atoms. The van der Waals surface area contributed by atoms with Gasteiger partial charge in [0.2, 0.25) is 0 Å². The zero-order valence-corrected chi connectivity index (χ0v) is 19.7. The van der Waals surface area contributed by atoms with Gasteiger partial charge < -0.3 is 0 Å². The van der Waals surface area contributed by atoms with Gasteiger partial charge in [0.1, 0.15) is 0 Å². The minimum atomic E-state index is 1.02. The highest BCUT2D eigenvalue weighted by Crippen LogP contribution is 2.46. The van der Waals surface area contributed by atoms with E-state index in [2.05, 4.69) is 138 Å². The number of hydrogen-bond acceptors (Lipinski definition) is 1. The molecule has 7 rings (SSSR count). The quantitative estimate of drug-likeness (QED) is 0.241. The highest BCUT2D eigenvalue weighted by molar-refractivity contribution is 6.24. The van der Waals surface area contributed by atoms with Crippen LogP contribution in [0.5, 0.6) is 0 Å². The zero-order chi connectivity index (χ0) is 23.9. The number of rotatable bonds is 3. The Morgan fingerprint density at radius 1 is 0.333 bits per heavy atom. The lowest BCUT2D eigenvalue weighted by molar-refractivity contribution is 1.41. The monoisotopic (exact) mass is 457 g/mol. The van der Waals surface area contributed by atoms with Crippen molar-refractivity contribution in [3.63, 3.8) is 0 Å². The fraction of sp³-hybridized carbons (Fsp3) is 0. The second-order valence-corrected chi connectivity index (χ2v) is 9.13. The number of hydrogen-bond donors (Lipinski definition) is 0. The van der Waals surface area contributed by atoms with Crippen molar-refractivity contribution in [1.82, 2.24) is 4.98 Å². The second kappa shape index (κ2) is 8.48. The maximum absolute atomic E-state index is 4.64. The highest BCUT2D eigenvalue weighted by atomic mass is 14.6. The van der Waals surface area contributed by atoms with E-state index in [1.54, 1.807) is 0 Å². The van der Waals surface area contributed by atoms with Crippen molar-refractivity contribution in [1.29, 1.82) is 0 Å². The lowest BCUT2D eigenvalue weighted by Gasteiger charge is -2.20. The van der Waals surface area contributed by atoms with Crippen LogP contribution < -0.4 is 0 Å². The Morgan fingerprint density at radius 3 is 1.44 bits per heavy atom. The van der Waals surface area contributed by atoms with E-state index in [9.17, 15) is 0 Å². The normalized spacial score (nSPS) is 11.3. The smallest absolute Gasteiger partial charge is 0.0708 e. The molecule has 0 unspecified atom stereocenters. The Balaban J connectivity index is 1.65. The molecule has 0 amide bonds. The largest absolute Gasteiger partial charge is 0.256 e. The molecule has 0 aliphatic carbocycles. The van der Waals surface area contributed by atoms with Crippen molar-refractivity contribution in [3.8, 4) is 33.4 Å². The first-order valence-electron chi connectivity index (χ1n) is 12.3. The zero-order valence-electron chi connectivity index (χ0n) is 19.7. The molecule has 0 N–H and O–H groups in total. The number of aromatic nitrogens is 1. The molecule has 0 bridgehead atoms. The summed E-state index contributed by atoms with van der Waals surface area (Å²) in [5.41, 5.74) is 8.50. The number of nitrogens with zero attached hydrogens (tertiary/aromatic N) is 1. The molecule has 36 heavy (non-hydrogen) atoms. The summed E-state index contributed by atoms with van der Waals surface area (Å²) in [5.74, 6) is 0. The topological polar surface area (TPSA) is 12.9 Å². The SMILES string of the molecule is c1ccc(-c2ccccc2-c2c3ccccc3c(-c3ccnc4ccccc34)c3ccccc23)cc1. The van der Waals surface area contributed by atoms with E-state index in [1.807, 2.05) is 6.20 Å². The number of benzene rings is 6. The Kier molecular flexibility index (Phi) is 4.85. The van der Waals surface area contributed by atoms with E-state index in [0.29, 0.717) is 0 Å². The van der Waals surface area contributed by atoms with Crippen LogP contribution in [0.2, 0.25) is 0 Å². The van der Waals surface area contributed by atoms with E-state index in [-0.39, 0.29) is 0 Å². The molecule has 0 saturated heterocycles. The molecule has 7 aromatic rings. The minimum absolute atomic E-state index is 1.02. The van der Waals surface area contributed by atoms with E-state index in [4.69, 9.17) is 0 Å². The standard InChI is InChI=1S/C35H23N/c1-2-12-24(13-3-1)25-14-4-5-16-27(25)34-28-17-6-8-19-30(28)35(31-20-9-7-18-29(31)34)32-22-23-36-33-21-11-10-15-26(32)33/h1-23H. The molecule has 6 aromatic carbocycles. The summed E-state index contributed by atoms with van der Waals surface area (Å²) in [6.45, 7) is 0. The van der Waals surface area contributed by atoms with Crippen LogP contribution in [0.3, 0.4) is 0 Å². The molecule has 168 valence electrons. The summed E-state index contributed by atoms with van der Waals surface area (Å²) in [6, 6.07) is 47.7. The summed E-state index contributed by atoms with van der Waals surface area (Å²) in [4.78, 5) is 4.64. The van der Waals surface area contributed by atoms with Crippen molar-refractivity contribution in [2.75, 3.05) is 0 Å². The molecule has 1 nitrogen and oxygen atoms in total. The molecule has 0 aliphatic rings. The van der Waals surface area contributed by atoms with Crippen LogP contribution >= 0.6 is 0 Å². The fourth-order valence-electron chi connectivity index (χ4n) is 5.59. The third-order valence-corrected chi connectivity index (χ3v) is 7.13. The van der Waals surface area contributed by atoms with Gasteiger partial charge in [-0.3, -0.25) is 4.98 Å². The molecule has 0 fully saturated rings. The first-order valence-corrected chi connectivity index (χ1v) is 12.3. The average Bonchev–Trinajstić information content (AvgIpc) is 2.96. The predicted octanol–water partition coefficient (Wildman–Crippen LogP) is 9.54. The van der Waals surface area contributed by atoms with E-state index in [1.165, 1.54) is 60.3 Å². The molecule has 0 atom stereocenters. The summed E-state index contributed by atoms with van der Waals surface area (Å²) < 4.78 is 0. The van der Waals surface area contributed by atoms with Crippen molar-refractivity contribution in [2.45, 2.75) is 0 Å². The van der Waals surface area contributed by atoms with Gasteiger partial charge in [0, 0.05) is 11.6 Å². The van der Waals surface area contributed by atoms with Gasteiger partial charge in [-0.05, 0) is 67.1 Å².